The van der Waals surface area contributed by atoms with E-state index in [0.717, 1.165) is 11.1 Å². The summed E-state index contributed by atoms with van der Waals surface area (Å²) in [4.78, 5) is 37.4. The van der Waals surface area contributed by atoms with Crippen LogP contribution in [0.2, 0.25) is 0 Å². The number of aromatic hydroxyl groups is 1. The molecular formula is C21H18O6. The lowest BCUT2D eigenvalue weighted by molar-refractivity contribution is -0.146. The van der Waals surface area contributed by atoms with Crippen LogP contribution < -0.4 is 4.74 Å². The Morgan fingerprint density at radius 3 is 2.63 bits per heavy atom. The van der Waals surface area contributed by atoms with Crippen molar-refractivity contribution < 1.29 is 29.0 Å². The van der Waals surface area contributed by atoms with Gasteiger partial charge in [-0.2, -0.15) is 0 Å². The molecule has 0 saturated carbocycles. The van der Waals surface area contributed by atoms with Crippen LogP contribution in [0.15, 0.2) is 24.3 Å². The molecule has 0 aromatic heterocycles. The molecule has 0 radical (unpaired) electrons. The zero-order chi connectivity index (χ0) is 19.3. The predicted molar refractivity (Wildman–Crippen MR) is 95.5 cm³/mol. The molecule has 2 aliphatic carbocycles. The second-order valence-electron chi connectivity index (χ2n) is 6.80. The Morgan fingerprint density at radius 1 is 1.15 bits per heavy atom. The lowest BCUT2D eigenvalue weighted by atomic mass is 9.78. The number of rotatable bonds is 2. The summed E-state index contributed by atoms with van der Waals surface area (Å²) in [5, 5.41) is 10.1. The number of methoxy groups -OCH3 is 1. The Morgan fingerprint density at radius 2 is 1.93 bits per heavy atom. The smallest absolute Gasteiger partial charge is 0.302 e. The largest absolute Gasteiger partial charge is 0.507 e. The van der Waals surface area contributed by atoms with Gasteiger partial charge in [-0.15, -0.1) is 0 Å². The van der Waals surface area contributed by atoms with Crippen LogP contribution in [0.3, 0.4) is 0 Å². The van der Waals surface area contributed by atoms with E-state index in [9.17, 15) is 19.5 Å². The van der Waals surface area contributed by atoms with Crippen LogP contribution in [0.5, 0.6) is 11.5 Å². The van der Waals surface area contributed by atoms with Gasteiger partial charge in [0.25, 0.3) is 0 Å². The number of hydrogen-bond donors (Lipinski definition) is 1. The molecule has 0 aliphatic heterocycles. The second kappa shape index (κ2) is 6.23. The highest BCUT2D eigenvalue weighted by Crippen LogP contribution is 2.42. The average Bonchev–Trinajstić information content (AvgIpc) is 2.63. The molecule has 0 amide bonds. The number of fused-ring (bicyclic) bond motifs is 3. The van der Waals surface area contributed by atoms with E-state index in [1.165, 1.54) is 32.2 Å². The maximum absolute atomic E-state index is 13.1. The van der Waals surface area contributed by atoms with Crippen LogP contribution in [0.1, 0.15) is 56.3 Å². The summed E-state index contributed by atoms with van der Waals surface area (Å²) in [7, 11) is 1.46. The van der Waals surface area contributed by atoms with Crippen molar-refractivity contribution in [1.29, 1.82) is 0 Å². The number of hydrogen-bond acceptors (Lipinski definition) is 6. The Bertz CT molecular complexity index is 1000. The molecule has 0 bridgehead atoms. The first-order valence-electron chi connectivity index (χ1n) is 8.73. The molecule has 4 rings (SSSR count). The van der Waals surface area contributed by atoms with E-state index in [4.69, 9.17) is 9.47 Å². The van der Waals surface area contributed by atoms with Crippen molar-refractivity contribution in [1.82, 2.24) is 0 Å². The van der Waals surface area contributed by atoms with E-state index in [1.54, 1.807) is 6.07 Å². The number of esters is 1. The van der Waals surface area contributed by atoms with Gasteiger partial charge < -0.3 is 14.6 Å². The highest BCUT2D eigenvalue weighted by molar-refractivity contribution is 6.30. The number of carbonyl (C=O) groups excluding carboxylic acids is 3. The molecule has 0 fully saturated rings. The minimum absolute atomic E-state index is 0.0156. The van der Waals surface area contributed by atoms with Crippen LogP contribution in [0, 0.1) is 0 Å². The van der Waals surface area contributed by atoms with Gasteiger partial charge in [0.15, 0.2) is 5.78 Å². The first-order valence-corrected chi connectivity index (χ1v) is 8.73. The van der Waals surface area contributed by atoms with Gasteiger partial charge in [0.1, 0.15) is 17.6 Å². The molecule has 0 heterocycles. The first-order chi connectivity index (χ1) is 12.9. The zero-order valence-corrected chi connectivity index (χ0v) is 15.0. The Kier molecular flexibility index (Phi) is 3.98. The van der Waals surface area contributed by atoms with E-state index in [2.05, 4.69) is 0 Å². The minimum atomic E-state index is -0.417. The van der Waals surface area contributed by atoms with Gasteiger partial charge in [0.05, 0.1) is 18.2 Å². The molecule has 0 spiro atoms. The quantitative estimate of drug-likeness (QED) is 0.701. The molecule has 1 unspecified atom stereocenters. The van der Waals surface area contributed by atoms with E-state index in [-0.39, 0.29) is 45.9 Å². The van der Waals surface area contributed by atoms with Crippen molar-refractivity contribution in [2.75, 3.05) is 7.11 Å². The van der Waals surface area contributed by atoms with Crippen molar-refractivity contribution in [2.45, 2.75) is 32.3 Å². The van der Waals surface area contributed by atoms with Gasteiger partial charge in [-0.1, -0.05) is 12.1 Å². The zero-order valence-electron chi connectivity index (χ0n) is 15.0. The third-order valence-electron chi connectivity index (χ3n) is 5.16. The highest BCUT2D eigenvalue weighted by atomic mass is 16.5. The SMILES string of the molecule is COc1c2c(cc3c1C(=O)c1c(O)cccc1C3=O)CC(OC(C)=O)CC2. The molecule has 2 aromatic rings. The van der Waals surface area contributed by atoms with Gasteiger partial charge in [0, 0.05) is 24.5 Å². The van der Waals surface area contributed by atoms with Gasteiger partial charge in [-0.25, -0.2) is 0 Å². The molecule has 27 heavy (non-hydrogen) atoms. The normalized spacial score (nSPS) is 17.6. The minimum Gasteiger partial charge on any atom is -0.507 e. The van der Waals surface area contributed by atoms with E-state index in [1.807, 2.05) is 0 Å². The van der Waals surface area contributed by atoms with Crippen LogP contribution in [0.25, 0.3) is 0 Å². The van der Waals surface area contributed by atoms with Gasteiger partial charge in [-0.3, -0.25) is 14.4 Å². The maximum Gasteiger partial charge on any atom is 0.302 e. The number of phenolic OH excluding ortho intramolecular Hbond substituents is 1. The summed E-state index contributed by atoms with van der Waals surface area (Å²) < 4.78 is 10.9. The summed E-state index contributed by atoms with van der Waals surface area (Å²) >= 11 is 0. The van der Waals surface area contributed by atoms with Crippen LogP contribution in [-0.4, -0.2) is 35.9 Å². The topological polar surface area (TPSA) is 89.9 Å². The number of ether oxygens (including phenoxy) is 2. The lowest BCUT2D eigenvalue weighted by Crippen LogP contribution is -2.28. The molecule has 2 aliphatic rings. The fourth-order valence-corrected chi connectivity index (χ4v) is 4.06. The van der Waals surface area contributed by atoms with Crippen molar-refractivity contribution in [3.05, 3.63) is 57.6 Å². The predicted octanol–water partition coefficient (Wildman–Crippen LogP) is 2.60. The maximum atomic E-state index is 13.1. The lowest BCUT2D eigenvalue weighted by Gasteiger charge is -2.29. The molecular weight excluding hydrogens is 348 g/mol. The van der Waals surface area contributed by atoms with E-state index < -0.39 is 5.78 Å². The number of phenols is 1. The van der Waals surface area contributed by atoms with Crippen LogP contribution in [-0.2, 0) is 22.4 Å². The molecule has 1 N–H and O–H groups in total. The van der Waals surface area contributed by atoms with Gasteiger partial charge >= 0.3 is 5.97 Å². The molecule has 1 atom stereocenters. The third kappa shape index (κ3) is 2.60. The monoisotopic (exact) mass is 366 g/mol. The Balaban J connectivity index is 1.89. The molecule has 6 nitrogen and oxygen atoms in total. The van der Waals surface area contributed by atoms with Crippen LogP contribution >= 0.6 is 0 Å². The van der Waals surface area contributed by atoms with Gasteiger partial charge in [-0.05, 0) is 36.1 Å². The molecule has 6 heteroatoms. The molecule has 2 aromatic carbocycles. The second-order valence-corrected chi connectivity index (χ2v) is 6.80. The Labute approximate surface area is 155 Å². The third-order valence-corrected chi connectivity index (χ3v) is 5.16. The highest BCUT2D eigenvalue weighted by Gasteiger charge is 2.37. The van der Waals surface area contributed by atoms with Crippen molar-refractivity contribution in [3.63, 3.8) is 0 Å². The number of ketones is 2. The fourth-order valence-electron chi connectivity index (χ4n) is 4.06. The van der Waals surface area contributed by atoms with Gasteiger partial charge in [0.2, 0.25) is 5.78 Å². The number of carbonyl (C=O) groups is 3. The summed E-state index contributed by atoms with van der Waals surface area (Å²) in [6.45, 7) is 1.37. The van der Waals surface area contributed by atoms with E-state index >= 15 is 0 Å². The first kappa shape index (κ1) is 17.3. The fraction of sp³-hybridized carbons (Fsp3) is 0.286. The summed E-state index contributed by atoms with van der Waals surface area (Å²) in [5.74, 6) is -0.933. The molecule has 0 saturated heterocycles. The average molecular weight is 366 g/mol. The summed E-state index contributed by atoms with van der Waals surface area (Å²) in [5.41, 5.74) is 2.34. The van der Waals surface area contributed by atoms with E-state index in [0.29, 0.717) is 25.0 Å². The van der Waals surface area contributed by atoms with Crippen LogP contribution in [0.4, 0.5) is 0 Å². The Hall–Kier alpha value is -3.15. The number of benzene rings is 2. The summed E-state index contributed by atoms with van der Waals surface area (Å²) in [6, 6.07) is 6.17. The standard InChI is InChI=1S/C21H18O6/c1-10(22)27-12-6-7-13-11(8-12)9-15-18(21(13)26-2)20(25)17-14(19(15)24)4-3-5-16(17)23/h3-5,9,12,23H,6-8H2,1-2H3. The van der Waals surface area contributed by atoms with Crippen molar-refractivity contribution >= 4 is 17.5 Å². The summed E-state index contributed by atoms with van der Waals surface area (Å²) in [6.07, 6.45) is 1.39. The van der Waals surface area contributed by atoms with Crippen molar-refractivity contribution in [2.24, 2.45) is 0 Å². The molecule has 138 valence electrons. The van der Waals surface area contributed by atoms with Crippen molar-refractivity contribution in [3.8, 4) is 11.5 Å².